The Morgan fingerprint density at radius 2 is 1.62 bits per heavy atom. The zero-order valence-electron chi connectivity index (χ0n) is 20.4. The summed E-state index contributed by atoms with van der Waals surface area (Å²) in [5.74, 6) is 1.50. The maximum Gasteiger partial charge on any atom is 0.122 e. The van der Waals surface area contributed by atoms with Crippen molar-refractivity contribution in [3.8, 4) is 22.8 Å². The van der Waals surface area contributed by atoms with Crippen LogP contribution in [0.25, 0.3) is 22.3 Å². The highest BCUT2D eigenvalue weighted by Gasteiger charge is 2.17. The number of hydrogen-bond acceptors (Lipinski definition) is 7. The number of benzene rings is 2. The van der Waals surface area contributed by atoms with Crippen LogP contribution in [0.15, 0.2) is 55.0 Å². The fourth-order valence-electron chi connectivity index (χ4n) is 3.90. The van der Waals surface area contributed by atoms with Gasteiger partial charge in [-0.25, -0.2) is 4.98 Å². The Morgan fingerprint density at radius 3 is 2.26 bits per heavy atom. The zero-order valence-corrected chi connectivity index (χ0v) is 20.4. The predicted octanol–water partition coefficient (Wildman–Crippen LogP) is 3.72. The Bertz CT molecular complexity index is 1230. The molecule has 1 unspecified atom stereocenters. The first-order chi connectivity index (χ1) is 16.5. The second kappa shape index (κ2) is 10.6. The third kappa shape index (κ3) is 5.52. The number of rotatable bonds is 10. The van der Waals surface area contributed by atoms with Crippen molar-refractivity contribution in [1.29, 1.82) is 0 Å². The van der Waals surface area contributed by atoms with Crippen molar-refractivity contribution in [3.63, 3.8) is 0 Å². The van der Waals surface area contributed by atoms with Crippen LogP contribution in [0.2, 0.25) is 0 Å². The lowest BCUT2D eigenvalue weighted by Crippen LogP contribution is -2.34. The van der Waals surface area contributed by atoms with Gasteiger partial charge in [-0.15, -0.1) is 0 Å². The van der Waals surface area contributed by atoms with E-state index in [4.69, 9.17) is 14.5 Å². The Morgan fingerprint density at radius 1 is 0.882 bits per heavy atom. The fourth-order valence-corrected chi connectivity index (χ4v) is 3.90. The van der Waals surface area contributed by atoms with Crippen molar-refractivity contribution in [2.45, 2.75) is 25.9 Å². The van der Waals surface area contributed by atoms with E-state index in [1.807, 2.05) is 37.5 Å². The van der Waals surface area contributed by atoms with Gasteiger partial charge in [0, 0.05) is 44.0 Å². The van der Waals surface area contributed by atoms with Gasteiger partial charge in [-0.1, -0.05) is 19.9 Å². The molecule has 0 saturated heterocycles. The van der Waals surface area contributed by atoms with Gasteiger partial charge in [0.1, 0.15) is 11.5 Å². The first kappa shape index (κ1) is 23.7. The van der Waals surface area contributed by atoms with Crippen molar-refractivity contribution < 1.29 is 9.47 Å². The molecule has 0 spiro atoms. The molecule has 2 heterocycles. The molecular weight excluding hydrogens is 428 g/mol. The van der Waals surface area contributed by atoms with Crippen LogP contribution in [0.5, 0.6) is 11.5 Å². The second-order valence-corrected chi connectivity index (χ2v) is 8.55. The van der Waals surface area contributed by atoms with Crippen molar-refractivity contribution in [2.24, 2.45) is 7.05 Å². The van der Waals surface area contributed by atoms with Crippen LogP contribution in [-0.2, 0) is 7.05 Å². The average Bonchev–Trinajstić information content (AvgIpc) is 3.29. The van der Waals surface area contributed by atoms with E-state index in [1.54, 1.807) is 31.3 Å². The molecule has 2 N–H and O–H groups in total. The minimum atomic E-state index is -0.0776. The normalized spacial score (nSPS) is 12.3. The summed E-state index contributed by atoms with van der Waals surface area (Å²) in [6, 6.07) is 12.5. The van der Waals surface area contributed by atoms with E-state index >= 15 is 0 Å². The minimum absolute atomic E-state index is 0.0776. The monoisotopic (exact) mass is 460 g/mol. The molecule has 0 aliphatic heterocycles. The van der Waals surface area contributed by atoms with E-state index in [2.05, 4.69) is 46.7 Å². The predicted molar refractivity (Wildman–Crippen MR) is 134 cm³/mol. The summed E-state index contributed by atoms with van der Waals surface area (Å²) < 4.78 is 12.8. The summed E-state index contributed by atoms with van der Waals surface area (Å²) in [5, 5.41) is 11.4. The van der Waals surface area contributed by atoms with Gasteiger partial charge in [0.25, 0.3) is 0 Å². The third-order valence-corrected chi connectivity index (χ3v) is 5.63. The number of aromatic nitrogens is 4. The lowest BCUT2D eigenvalue weighted by molar-refractivity contribution is 0.392. The maximum atomic E-state index is 5.53. The molecule has 0 saturated carbocycles. The molecule has 0 fully saturated rings. The van der Waals surface area contributed by atoms with Crippen LogP contribution in [0.1, 0.15) is 31.0 Å². The zero-order chi connectivity index (χ0) is 24.1. The quantitative estimate of drug-likeness (QED) is 0.349. The smallest absolute Gasteiger partial charge is 0.122 e. The summed E-state index contributed by atoms with van der Waals surface area (Å²) in [7, 11) is 5.22. The number of aryl methyl sites for hydroxylation is 1. The molecule has 1 atom stereocenters. The number of nitrogens with one attached hydrogen (secondary N) is 2. The second-order valence-electron chi connectivity index (χ2n) is 8.55. The molecule has 178 valence electrons. The fraction of sp³-hybridized carbons (Fsp3) is 0.346. The van der Waals surface area contributed by atoms with E-state index in [0.29, 0.717) is 6.04 Å². The van der Waals surface area contributed by atoms with Crippen LogP contribution in [0, 0.1) is 0 Å². The summed E-state index contributed by atoms with van der Waals surface area (Å²) in [4.78, 5) is 9.50. The van der Waals surface area contributed by atoms with Crippen molar-refractivity contribution in [1.82, 2.24) is 30.4 Å². The van der Waals surface area contributed by atoms with Crippen LogP contribution < -0.4 is 20.1 Å². The van der Waals surface area contributed by atoms with Crippen molar-refractivity contribution in [2.75, 3.05) is 27.3 Å². The topological polar surface area (TPSA) is 86.1 Å². The number of methoxy groups -OCH3 is 2. The molecule has 2 aromatic heterocycles. The van der Waals surface area contributed by atoms with Gasteiger partial charge in [0.15, 0.2) is 0 Å². The first-order valence-electron chi connectivity index (χ1n) is 11.4. The van der Waals surface area contributed by atoms with E-state index in [9.17, 15) is 0 Å². The van der Waals surface area contributed by atoms with Gasteiger partial charge in [0.2, 0.25) is 0 Å². The van der Waals surface area contributed by atoms with E-state index in [0.717, 1.165) is 58.0 Å². The van der Waals surface area contributed by atoms with Gasteiger partial charge in [-0.05, 0) is 35.4 Å². The molecule has 0 bridgehead atoms. The first-order valence-corrected chi connectivity index (χ1v) is 11.4. The Balaban J connectivity index is 1.72. The molecule has 0 aliphatic rings. The standard InChI is InChI=1S/C26H32N6O2/c1-17(2)27-8-9-28-26(19-10-21(33-4)13-22(11-19)34-5)18-6-7-23-24(12-18)31-25(15-29-23)20-14-30-32(3)16-20/h6-7,10-17,26-28H,8-9H2,1-5H3. The van der Waals surface area contributed by atoms with Gasteiger partial charge in [-0.2, -0.15) is 5.10 Å². The Hall–Kier alpha value is -3.49. The van der Waals surface area contributed by atoms with E-state index in [-0.39, 0.29) is 6.04 Å². The van der Waals surface area contributed by atoms with Crippen LogP contribution in [0.4, 0.5) is 0 Å². The highest BCUT2D eigenvalue weighted by Crippen LogP contribution is 2.31. The third-order valence-electron chi connectivity index (χ3n) is 5.63. The lowest BCUT2D eigenvalue weighted by atomic mass is 9.97. The Labute approximate surface area is 200 Å². The molecular formula is C26H32N6O2. The number of hydrogen-bond donors (Lipinski definition) is 2. The minimum Gasteiger partial charge on any atom is -0.497 e. The summed E-state index contributed by atoms with van der Waals surface area (Å²) in [6.07, 6.45) is 5.53. The maximum absolute atomic E-state index is 5.53. The lowest BCUT2D eigenvalue weighted by Gasteiger charge is -2.22. The van der Waals surface area contributed by atoms with Crippen molar-refractivity contribution >= 4 is 11.0 Å². The van der Waals surface area contributed by atoms with Crippen LogP contribution >= 0.6 is 0 Å². The average molecular weight is 461 g/mol. The van der Waals surface area contributed by atoms with E-state index in [1.165, 1.54) is 0 Å². The molecule has 2 aromatic carbocycles. The number of fused-ring (bicyclic) bond motifs is 1. The van der Waals surface area contributed by atoms with Gasteiger partial charge >= 0.3 is 0 Å². The summed E-state index contributed by atoms with van der Waals surface area (Å²) in [6.45, 7) is 5.94. The largest absolute Gasteiger partial charge is 0.497 e. The highest BCUT2D eigenvalue weighted by atomic mass is 16.5. The SMILES string of the molecule is COc1cc(OC)cc(C(NCCNC(C)C)c2ccc3ncc(-c4cnn(C)c4)nc3c2)c1. The molecule has 8 heteroatoms. The molecule has 0 amide bonds. The molecule has 8 nitrogen and oxygen atoms in total. The molecule has 4 rings (SSSR count). The van der Waals surface area contributed by atoms with Gasteiger partial charge < -0.3 is 20.1 Å². The van der Waals surface area contributed by atoms with E-state index < -0.39 is 0 Å². The summed E-state index contributed by atoms with van der Waals surface area (Å²) in [5.41, 5.74) is 5.56. The van der Waals surface area contributed by atoms with Crippen LogP contribution in [-0.4, -0.2) is 53.1 Å². The highest BCUT2D eigenvalue weighted by molar-refractivity contribution is 5.78. The van der Waals surface area contributed by atoms with Gasteiger partial charge in [-0.3, -0.25) is 9.67 Å². The molecule has 0 aliphatic carbocycles. The van der Waals surface area contributed by atoms with Crippen LogP contribution in [0.3, 0.4) is 0 Å². The summed E-state index contributed by atoms with van der Waals surface area (Å²) >= 11 is 0. The Kier molecular flexibility index (Phi) is 7.40. The molecule has 4 aromatic rings. The molecule has 0 radical (unpaired) electrons. The molecule has 34 heavy (non-hydrogen) atoms. The number of nitrogens with zero attached hydrogens (tertiary/aromatic N) is 4. The number of ether oxygens (including phenoxy) is 2. The van der Waals surface area contributed by atoms with Crippen molar-refractivity contribution in [3.05, 3.63) is 66.1 Å². The van der Waals surface area contributed by atoms with Gasteiger partial charge in [0.05, 0.1) is 49.4 Å².